The number of nitrogens with zero attached hydrogens (tertiary/aromatic N) is 3. The summed E-state index contributed by atoms with van der Waals surface area (Å²) in [5.74, 6) is 0.0718. The van der Waals surface area contributed by atoms with Gasteiger partial charge in [-0.2, -0.15) is 4.31 Å². The molecule has 0 aromatic heterocycles. The molecule has 7 nitrogen and oxygen atoms in total. The molecule has 2 aromatic carbocycles. The molecule has 0 spiro atoms. The zero-order chi connectivity index (χ0) is 21.8. The van der Waals surface area contributed by atoms with Gasteiger partial charge in [-0.1, -0.05) is 0 Å². The van der Waals surface area contributed by atoms with Crippen LogP contribution in [0.4, 0.5) is 10.1 Å². The van der Waals surface area contributed by atoms with Gasteiger partial charge in [-0.15, -0.1) is 0 Å². The molecule has 0 atom stereocenters. The lowest BCUT2D eigenvalue weighted by Gasteiger charge is -2.36. The van der Waals surface area contributed by atoms with Gasteiger partial charge in [-0.3, -0.25) is 4.79 Å². The summed E-state index contributed by atoms with van der Waals surface area (Å²) in [6, 6.07) is 12.6. The second-order valence-electron chi connectivity index (χ2n) is 7.72. The number of rotatable bonds is 6. The van der Waals surface area contributed by atoms with Crippen molar-refractivity contribution in [2.75, 3.05) is 50.8 Å². The fourth-order valence-corrected chi connectivity index (χ4v) is 5.40. The Morgan fingerprint density at radius 3 is 2.10 bits per heavy atom. The standard InChI is InChI=1S/C22H26FN3O4S/c23-18-3-5-19(6-4-18)24-13-15-25(16-14-24)22(27)17-30-20-7-9-21(10-8-20)31(28,29)26-11-1-2-12-26/h3-10H,1-2,11-17H2. The van der Waals surface area contributed by atoms with E-state index in [9.17, 15) is 17.6 Å². The number of carbonyl (C=O) groups excluding carboxylic acids is 1. The average Bonchev–Trinajstić information content (AvgIpc) is 3.34. The summed E-state index contributed by atoms with van der Waals surface area (Å²) >= 11 is 0. The topological polar surface area (TPSA) is 70.2 Å². The van der Waals surface area contributed by atoms with Crippen molar-refractivity contribution < 1.29 is 22.3 Å². The van der Waals surface area contributed by atoms with E-state index < -0.39 is 10.0 Å². The van der Waals surface area contributed by atoms with Crippen molar-refractivity contribution in [2.45, 2.75) is 17.7 Å². The minimum absolute atomic E-state index is 0.102. The van der Waals surface area contributed by atoms with E-state index >= 15 is 0 Å². The maximum absolute atomic E-state index is 13.1. The molecule has 0 bridgehead atoms. The van der Waals surface area contributed by atoms with Crippen LogP contribution in [-0.2, 0) is 14.8 Å². The minimum atomic E-state index is -3.46. The fraction of sp³-hybridized carbons (Fsp3) is 0.409. The molecule has 9 heteroatoms. The van der Waals surface area contributed by atoms with Crippen LogP contribution >= 0.6 is 0 Å². The summed E-state index contributed by atoms with van der Waals surface area (Å²) in [7, 11) is -3.46. The number of anilines is 1. The molecule has 31 heavy (non-hydrogen) atoms. The zero-order valence-electron chi connectivity index (χ0n) is 17.2. The molecule has 0 unspecified atom stereocenters. The van der Waals surface area contributed by atoms with Gasteiger partial charge in [0.05, 0.1) is 4.90 Å². The van der Waals surface area contributed by atoms with E-state index in [-0.39, 0.29) is 23.2 Å². The first-order valence-electron chi connectivity index (χ1n) is 10.4. The van der Waals surface area contributed by atoms with Crippen LogP contribution in [0.2, 0.25) is 0 Å². The van der Waals surface area contributed by atoms with Gasteiger partial charge >= 0.3 is 0 Å². The van der Waals surface area contributed by atoms with Crippen LogP contribution < -0.4 is 9.64 Å². The maximum Gasteiger partial charge on any atom is 0.260 e. The second-order valence-corrected chi connectivity index (χ2v) is 9.65. The van der Waals surface area contributed by atoms with E-state index in [2.05, 4.69) is 4.90 Å². The normalized spacial score (nSPS) is 17.7. The van der Waals surface area contributed by atoms with Crippen molar-refractivity contribution in [1.29, 1.82) is 0 Å². The Bertz CT molecular complexity index is 998. The van der Waals surface area contributed by atoms with Gasteiger partial charge in [0.1, 0.15) is 11.6 Å². The molecule has 2 fully saturated rings. The number of benzene rings is 2. The lowest BCUT2D eigenvalue weighted by Crippen LogP contribution is -2.50. The Kier molecular flexibility index (Phi) is 6.43. The SMILES string of the molecule is O=C(COc1ccc(S(=O)(=O)N2CCCC2)cc1)N1CCN(c2ccc(F)cc2)CC1. The number of sulfonamides is 1. The highest BCUT2D eigenvalue weighted by Gasteiger charge is 2.27. The Morgan fingerprint density at radius 1 is 0.871 bits per heavy atom. The van der Waals surface area contributed by atoms with E-state index in [1.165, 1.54) is 28.6 Å². The van der Waals surface area contributed by atoms with Gasteiger partial charge in [0, 0.05) is 45.0 Å². The second kappa shape index (κ2) is 9.23. The predicted molar refractivity (Wildman–Crippen MR) is 115 cm³/mol. The summed E-state index contributed by atoms with van der Waals surface area (Å²) in [6.07, 6.45) is 1.78. The molecular formula is C22H26FN3O4S. The average molecular weight is 448 g/mol. The number of hydrogen-bond donors (Lipinski definition) is 0. The monoisotopic (exact) mass is 447 g/mol. The first-order chi connectivity index (χ1) is 14.9. The number of ether oxygens (including phenoxy) is 1. The Hall–Kier alpha value is -2.65. The van der Waals surface area contributed by atoms with Gasteiger partial charge in [0.25, 0.3) is 5.91 Å². The van der Waals surface area contributed by atoms with Crippen molar-refractivity contribution in [2.24, 2.45) is 0 Å². The highest BCUT2D eigenvalue weighted by atomic mass is 32.2. The lowest BCUT2D eigenvalue weighted by atomic mass is 10.2. The summed E-state index contributed by atoms with van der Waals surface area (Å²) in [4.78, 5) is 16.6. The highest BCUT2D eigenvalue weighted by Crippen LogP contribution is 2.23. The molecule has 0 N–H and O–H groups in total. The van der Waals surface area contributed by atoms with E-state index in [4.69, 9.17) is 4.74 Å². The maximum atomic E-state index is 13.1. The number of piperazine rings is 1. The molecule has 0 saturated carbocycles. The first-order valence-corrected chi connectivity index (χ1v) is 11.9. The highest BCUT2D eigenvalue weighted by molar-refractivity contribution is 7.89. The van der Waals surface area contributed by atoms with Gasteiger partial charge in [-0.05, 0) is 61.4 Å². The van der Waals surface area contributed by atoms with Crippen LogP contribution in [-0.4, -0.2) is 69.4 Å². The summed E-state index contributed by atoms with van der Waals surface area (Å²) in [6.45, 7) is 3.47. The van der Waals surface area contributed by atoms with Crippen LogP contribution in [0.1, 0.15) is 12.8 Å². The number of halogens is 1. The van der Waals surface area contributed by atoms with E-state index in [1.807, 2.05) is 0 Å². The van der Waals surface area contributed by atoms with Crippen molar-refractivity contribution in [3.05, 3.63) is 54.3 Å². The van der Waals surface area contributed by atoms with E-state index in [0.29, 0.717) is 45.0 Å². The Morgan fingerprint density at radius 2 is 1.48 bits per heavy atom. The smallest absolute Gasteiger partial charge is 0.260 e. The summed E-state index contributed by atoms with van der Waals surface area (Å²) < 4.78 is 45.3. The molecule has 2 aromatic rings. The Labute approximate surface area is 182 Å². The molecule has 2 aliphatic heterocycles. The van der Waals surface area contributed by atoms with Gasteiger partial charge in [-0.25, -0.2) is 12.8 Å². The van der Waals surface area contributed by atoms with Crippen LogP contribution in [0.5, 0.6) is 5.75 Å². The van der Waals surface area contributed by atoms with Gasteiger partial charge < -0.3 is 14.5 Å². The predicted octanol–water partition coefficient (Wildman–Crippen LogP) is 2.34. The molecule has 166 valence electrons. The first kappa shape index (κ1) is 21.6. The van der Waals surface area contributed by atoms with E-state index in [1.54, 1.807) is 29.2 Å². The van der Waals surface area contributed by atoms with Crippen molar-refractivity contribution in [3.8, 4) is 5.75 Å². The van der Waals surface area contributed by atoms with E-state index in [0.717, 1.165) is 18.5 Å². The summed E-state index contributed by atoms with van der Waals surface area (Å²) in [5.41, 5.74) is 0.939. The van der Waals surface area contributed by atoms with Crippen LogP contribution in [0.15, 0.2) is 53.4 Å². The molecule has 2 saturated heterocycles. The fourth-order valence-electron chi connectivity index (χ4n) is 3.89. The molecule has 2 heterocycles. The van der Waals surface area contributed by atoms with Gasteiger partial charge in [0.15, 0.2) is 6.61 Å². The quantitative estimate of drug-likeness (QED) is 0.680. The molecule has 2 aliphatic rings. The largest absolute Gasteiger partial charge is 0.484 e. The van der Waals surface area contributed by atoms with Crippen molar-refractivity contribution in [1.82, 2.24) is 9.21 Å². The third kappa shape index (κ3) is 4.99. The van der Waals surface area contributed by atoms with Crippen LogP contribution in [0, 0.1) is 5.82 Å². The third-order valence-corrected chi connectivity index (χ3v) is 7.63. The molecule has 0 aliphatic carbocycles. The number of hydrogen-bond acceptors (Lipinski definition) is 5. The van der Waals surface area contributed by atoms with Crippen LogP contribution in [0.3, 0.4) is 0 Å². The zero-order valence-corrected chi connectivity index (χ0v) is 18.1. The lowest BCUT2D eigenvalue weighted by molar-refractivity contribution is -0.133. The summed E-state index contributed by atoms with van der Waals surface area (Å²) in [5, 5.41) is 0. The molecular weight excluding hydrogens is 421 g/mol. The van der Waals surface area contributed by atoms with Crippen LogP contribution in [0.25, 0.3) is 0 Å². The molecule has 4 rings (SSSR count). The molecule has 0 radical (unpaired) electrons. The van der Waals surface area contributed by atoms with Crippen molar-refractivity contribution in [3.63, 3.8) is 0 Å². The van der Waals surface area contributed by atoms with Crippen molar-refractivity contribution >= 4 is 21.6 Å². The number of carbonyl (C=O) groups is 1. The molecule has 1 amide bonds. The third-order valence-electron chi connectivity index (χ3n) is 5.71. The van der Waals surface area contributed by atoms with Gasteiger partial charge in [0.2, 0.25) is 10.0 Å². The number of amides is 1. The minimum Gasteiger partial charge on any atom is -0.484 e. The Balaban J connectivity index is 1.27.